The summed E-state index contributed by atoms with van der Waals surface area (Å²) in [6, 6.07) is 8.04. The van der Waals surface area contributed by atoms with E-state index in [1.165, 1.54) is 23.9 Å². The van der Waals surface area contributed by atoms with Gasteiger partial charge in [0.05, 0.1) is 4.90 Å². The number of hydrogen-bond donors (Lipinski definition) is 1. The van der Waals surface area contributed by atoms with Crippen LogP contribution in [0.25, 0.3) is 0 Å². The van der Waals surface area contributed by atoms with Gasteiger partial charge in [-0.2, -0.15) is 0 Å². The molecule has 0 atom stereocenters. The van der Waals surface area contributed by atoms with Gasteiger partial charge in [0.1, 0.15) is 0 Å². The first-order chi connectivity index (χ1) is 9.79. The van der Waals surface area contributed by atoms with Crippen molar-refractivity contribution in [3.8, 4) is 0 Å². The fourth-order valence-electron chi connectivity index (χ4n) is 1.87. The Kier molecular flexibility index (Phi) is 4.61. The molecular weight excluding hydrogens is 306 g/mol. The van der Waals surface area contributed by atoms with Gasteiger partial charge < -0.3 is 0 Å². The maximum absolute atomic E-state index is 12.3. The van der Waals surface area contributed by atoms with Crippen molar-refractivity contribution in [2.24, 2.45) is 0 Å². The number of benzene rings is 1. The molecule has 0 spiro atoms. The third kappa shape index (κ3) is 3.78. The van der Waals surface area contributed by atoms with Crippen molar-refractivity contribution in [1.82, 2.24) is 4.72 Å². The van der Waals surface area contributed by atoms with E-state index in [1.54, 1.807) is 23.5 Å². The molecule has 1 aromatic heterocycles. The van der Waals surface area contributed by atoms with Gasteiger partial charge in [-0.1, -0.05) is 12.1 Å². The minimum absolute atomic E-state index is 0.111. The van der Waals surface area contributed by atoms with Gasteiger partial charge in [0.15, 0.2) is 5.78 Å². The van der Waals surface area contributed by atoms with Crippen LogP contribution in [0.3, 0.4) is 0 Å². The Hall–Kier alpha value is -1.50. The average molecular weight is 323 g/mol. The summed E-state index contributed by atoms with van der Waals surface area (Å²) < 4.78 is 27.1. The Morgan fingerprint density at radius 2 is 1.95 bits per heavy atom. The fourth-order valence-corrected chi connectivity index (χ4v) is 4.01. The van der Waals surface area contributed by atoms with Crippen LogP contribution in [0.4, 0.5) is 0 Å². The number of sulfonamides is 1. The molecular formula is C15H17NO3S2. The van der Waals surface area contributed by atoms with Crippen molar-refractivity contribution in [3.63, 3.8) is 0 Å². The minimum Gasteiger partial charge on any atom is -0.295 e. The third-order valence-electron chi connectivity index (χ3n) is 3.20. The van der Waals surface area contributed by atoms with E-state index in [9.17, 15) is 13.2 Å². The topological polar surface area (TPSA) is 63.2 Å². The summed E-state index contributed by atoms with van der Waals surface area (Å²) in [4.78, 5) is 13.6. The van der Waals surface area contributed by atoms with E-state index in [0.717, 1.165) is 10.4 Å². The van der Waals surface area contributed by atoms with Crippen LogP contribution in [0.15, 0.2) is 35.2 Å². The highest BCUT2D eigenvalue weighted by Crippen LogP contribution is 2.21. The molecule has 0 amide bonds. The number of nitrogens with one attached hydrogen (secondary N) is 1. The molecule has 112 valence electrons. The Morgan fingerprint density at radius 3 is 2.52 bits per heavy atom. The molecule has 0 bridgehead atoms. The maximum atomic E-state index is 12.3. The van der Waals surface area contributed by atoms with Gasteiger partial charge in [-0.05, 0) is 44.5 Å². The lowest BCUT2D eigenvalue weighted by atomic mass is 10.2. The number of Topliss-reactive ketones (excluding diaryl/α,β-unsaturated/α-hetero) is 1. The molecule has 0 saturated heterocycles. The first-order valence-electron chi connectivity index (χ1n) is 6.46. The predicted octanol–water partition coefficient (Wildman–Crippen LogP) is 3.05. The van der Waals surface area contributed by atoms with Gasteiger partial charge >= 0.3 is 0 Å². The van der Waals surface area contributed by atoms with Crippen molar-refractivity contribution in [1.29, 1.82) is 0 Å². The van der Waals surface area contributed by atoms with Gasteiger partial charge in [0.2, 0.25) is 10.0 Å². The second-order valence-corrected chi connectivity index (χ2v) is 7.97. The summed E-state index contributed by atoms with van der Waals surface area (Å²) in [5.41, 5.74) is 1.55. The number of ketones is 1. The Labute approximate surface area is 128 Å². The van der Waals surface area contributed by atoms with E-state index < -0.39 is 10.0 Å². The lowest BCUT2D eigenvalue weighted by Gasteiger charge is -2.06. The van der Waals surface area contributed by atoms with Gasteiger partial charge in [0, 0.05) is 21.9 Å². The zero-order chi connectivity index (χ0) is 15.6. The van der Waals surface area contributed by atoms with E-state index in [1.807, 2.05) is 19.9 Å². The number of carbonyl (C=O) groups is 1. The van der Waals surface area contributed by atoms with Crippen LogP contribution in [0.1, 0.15) is 32.6 Å². The zero-order valence-corrected chi connectivity index (χ0v) is 13.8. The first-order valence-corrected chi connectivity index (χ1v) is 8.76. The van der Waals surface area contributed by atoms with Gasteiger partial charge in [-0.25, -0.2) is 13.1 Å². The van der Waals surface area contributed by atoms with Crippen LogP contribution in [-0.4, -0.2) is 14.2 Å². The van der Waals surface area contributed by atoms with Crippen molar-refractivity contribution >= 4 is 27.1 Å². The molecule has 0 radical (unpaired) electrons. The molecule has 0 saturated carbocycles. The Morgan fingerprint density at radius 1 is 1.24 bits per heavy atom. The van der Waals surface area contributed by atoms with E-state index in [0.29, 0.717) is 5.56 Å². The highest BCUT2D eigenvalue weighted by atomic mass is 32.2. The van der Waals surface area contributed by atoms with E-state index >= 15 is 0 Å². The quantitative estimate of drug-likeness (QED) is 0.860. The Bertz CT molecular complexity index is 756. The van der Waals surface area contributed by atoms with Gasteiger partial charge in [-0.3, -0.25) is 4.79 Å². The van der Waals surface area contributed by atoms with Crippen molar-refractivity contribution in [2.45, 2.75) is 32.2 Å². The lowest BCUT2D eigenvalue weighted by Crippen LogP contribution is -2.23. The second kappa shape index (κ2) is 6.09. The molecule has 0 aliphatic rings. The van der Waals surface area contributed by atoms with Crippen molar-refractivity contribution in [3.05, 3.63) is 51.2 Å². The molecule has 0 fully saturated rings. The molecule has 6 heteroatoms. The SMILES string of the molecule is CC(=O)c1cccc(S(=O)(=O)NCc2cc(C)c(C)s2)c1. The molecule has 0 aliphatic heterocycles. The van der Waals surface area contributed by atoms with Crippen LogP contribution in [-0.2, 0) is 16.6 Å². The van der Waals surface area contributed by atoms with Gasteiger partial charge in [0.25, 0.3) is 0 Å². The van der Waals surface area contributed by atoms with Crippen molar-refractivity contribution < 1.29 is 13.2 Å². The van der Waals surface area contributed by atoms with Crippen LogP contribution in [0.5, 0.6) is 0 Å². The minimum atomic E-state index is -3.61. The first kappa shape index (κ1) is 15.9. The molecule has 2 aromatic rings. The van der Waals surface area contributed by atoms with Crippen molar-refractivity contribution in [2.75, 3.05) is 0 Å². The van der Waals surface area contributed by atoms with Crippen LogP contribution < -0.4 is 4.72 Å². The number of thiophene rings is 1. The summed E-state index contributed by atoms with van der Waals surface area (Å²) in [5.74, 6) is -0.156. The van der Waals surface area contributed by atoms with E-state index in [2.05, 4.69) is 4.72 Å². The van der Waals surface area contributed by atoms with Gasteiger partial charge in [-0.15, -0.1) is 11.3 Å². The van der Waals surface area contributed by atoms with E-state index in [-0.39, 0.29) is 17.2 Å². The highest BCUT2D eigenvalue weighted by molar-refractivity contribution is 7.89. The van der Waals surface area contributed by atoms with Crippen LogP contribution in [0, 0.1) is 13.8 Å². The molecule has 21 heavy (non-hydrogen) atoms. The second-order valence-electron chi connectivity index (χ2n) is 4.86. The Balaban J connectivity index is 2.18. The smallest absolute Gasteiger partial charge is 0.240 e. The summed E-state index contributed by atoms with van der Waals surface area (Å²) in [7, 11) is -3.61. The molecule has 0 aliphatic carbocycles. The molecule has 4 nitrogen and oxygen atoms in total. The monoisotopic (exact) mass is 323 g/mol. The summed E-state index contributed by atoms with van der Waals surface area (Å²) in [6.07, 6.45) is 0. The van der Waals surface area contributed by atoms with Crippen LogP contribution >= 0.6 is 11.3 Å². The lowest BCUT2D eigenvalue weighted by molar-refractivity contribution is 0.101. The summed E-state index contributed by atoms with van der Waals surface area (Å²) in [6.45, 7) is 5.68. The fraction of sp³-hybridized carbons (Fsp3) is 0.267. The maximum Gasteiger partial charge on any atom is 0.240 e. The zero-order valence-electron chi connectivity index (χ0n) is 12.1. The molecule has 2 rings (SSSR count). The number of carbonyl (C=O) groups excluding carboxylic acids is 1. The highest BCUT2D eigenvalue weighted by Gasteiger charge is 2.15. The van der Waals surface area contributed by atoms with Crippen LogP contribution in [0.2, 0.25) is 0 Å². The molecule has 1 heterocycles. The summed E-state index contributed by atoms with van der Waals surface area (Å²) in [5, 5.41) is 0. The number of aryl methyl sites for hydroxylation is 2. The third-order valence-corrected chi connectivity index (χ3v) is 5.76. The molecule has 0 unspecified atom stereocenters. The average Bonchev–Trinajstić information content (AvgIpc) is 2.76. The summed E-state index contributed by atoms with van der Waals surface area (Å²) >= 11 is 1.58. The number of rotatable bonds is 5. The standard InChI is InChI=1S/C15H17NO3S2/c1-10-7-14(20-12(10)3)9-16-21(18,19)15-6-4-5-13(8-15)11(2)17/h4-8,16H,9H2,1-3H3. The predicted molar refractivity (Wildman–Crippen MR) is 84.3 cm³/mol. The largest absolute Gasteiger partial charge is 0.295 e. The molecule has 1 aromatic carbocycles. The number of hydrogen-bond acceptors (Lipinski definition) is 4. The van der Waals surface area contributed by atoms with E-state index in [4.69, 9.17) is 0 Å². The normalized spacial score (nSPS) is 11.6. The molecule has 1 N–H and O–H groups in total.